The topological polar surface area (TPSA) is 87.7 Å². The molecule has 0 saturated heterocycles. The number of carbonyl (C=O) groups is 1. The Morgan fingerprint density at radius 2 is 2.04 bits per heavy atom. The predicted octanol–water partition coefficient (Wildman–Crippen LogP) is 2.62. The number of thiazole rings is 1. The van der Waals surface area contributed by atoms with Gasteiger partial charge in [-0.25, -0.2) is 9.78 Å². The van der Waals surface area contributed by atoms with Gasteiger partial charge in [-0.1, -0.05) is 34.6 Å². The second kappa shape index (κ2) is 7.25. The summed E-state index contributed by atoms with van der Waals surface area (Å²) in [5.74, 6) is 0.0697. The Morgan fingerprint density at radius 3 is 2.62 bits per heavy atom. The number of hydrogen-bond acceptors (Lipinski definition) is 5. The Morgan fingerprint density at radius 1 is 1.33 bits per heavy atom. The van der Waals surface area contributed by atoms with Crippen molar-refractivity contribution in [2.45, 2.75) is 52.4 Å². The number of carbonyl (C=O) groups excluding carboxylic acids is 1. The molecule has 2 N–H and O–H groups in total. The fourth-order valence-corrected chi connectivity index (χ4v) is 2.94. The van der Waals surface area contributed by atoms with Gasteiger partial charge in [0.2, 0.25) is 0 Å². The van der Waals surface area contributed by atoms with Gasteiger partial charge in [0.15, 0.2) is 0 Å². The van der Waals surface area contributed by atoms with E-state index in [2.05, 4.69) is 34.1 Å². The molecule has 0 aliphatic carbocycles. The lowest BCUT2D eigenvalue weighted by molar-refractivity contribution is 0.0948. The number of rotatable bonds is 5. The van der Waals surface area contributed by atoms with Gasteiger partial charge in [-0.3, -0.25) is 4.79 Å². The van der Waals surface area contributed by atoms with E-state index >= 15 is 0 Å². The molecular formula is C17H24N4O2S. The van der Waals surface area contributed by atoms with Gasteiger partial charge in [-0.05, 0) is 6.07 Å². The van der Waals surface area contributed by atoms with E-state index in [4.69, 9.17) is 0 Å². The normalized spacial score (nSPS) is 11.8. The minimum atomic E-state index is -0.506. The van der Waals surface area contributed by atoms with Gasteiger partial charge < -0.3 is 10.3 Å². The smallest absolute Gasteiger partial charge is 0.345 e. The van der Waals surface area contributed by atoms with Gasteiger partial charge >= 0.3 is 5.69 Å². The zero-order chi connectivity index (χ0) is 17.9. The van der Waals surface area contributed by atoms with Crippen LogP contribution in [0.3, 0.4) is 0 Å². The Bertz CT molecular complexity index is 771. The molecule has 2 aromatic rings. The number of H-pyrrole nitrogens is 1. The fourth-order valence-electron chi connectivity index (χ4n) is 2.08. The quantitative estimate of drug-likeness (QED) is 0.869. The molecule has 130 valence electrons. The molecule has 24 heavy (non-hydrogen) atoms. The summed E-state index contributed by atoms with van der Waals surface area (Å²) < 4.78 is 0. The molecule has 0 aliphatic rings. The van der Waals surface area contributed by atoms with Crippen LogP contribution < -0.4 is 11.0 Å². The monoisotopic (exact) mass is 348 g/mol. The number of aromatic amines is 1. The van der Waals surface area contributed by atoms with Crippen molar-refractivity contribution in [2.24, 2.45) is 0 Å². The van der Waals surface area contributed by atoms with Gasteiger partial charge in [0, 0.05) is 35.4 Å². The van der Waals surface area contributed by atoms with E-state index in [9.17, 15) is 9.59 Å². The molecule has 0 bridgehead atoms. The van der Waals surface area contributed by atoms with Crippen molar-refractivity contribution in [3.63, 3.8) is 0 Å². The first-order chi connectivity index (χ1) is 11.2. The molecule has 0 fully saturated rings. The Kier molecular flexibility index (Phi) is 5.54. The summed E-state index contributed by atoms with van der Waals surface area (Å²) in [5.41, 5.74) is 1.04. The van der Waals surface area contributed by atoms with Crippen molar-refractivity contribution in [2.75, 3.05) is 6.54 Å². The maximum atomic E-state index is 12.2. The Hall–Kier alpha value is -2.02. The van der Waals surface area contributed by atoms with Crippen LogP contribution in [0.2, 0.25) is 0 Å². The van der Waals surface area contributed by atoms with Crippen LogP contribution in [0.4, 0.5) is 0 Å². The zero-order valence-corrected chi connectivity index (χ0v) is 15.6. The van der Waals surface area contributed by atoms with Crippen LogP contribution in [0, 0.1) is 0 Å². The van der Waals surface area contributed by atoms with Crippen LogP contribution in [0.15, 0.2) is 16.2 Å². The fraction of sp³-hybridized carbons (Fsp3) is 0.529. The maximum absolute atomic E-state index is 12.2. The number of nitrogens with one attached hydrogen (secondary N) is 2. The molecule has 0 radical (unpaired) electrons. The SMILES string of the molecule is CC(C)c1nc(CCNC(=O)c2cc(C(C)(C)C)[nH]c(=O)n2)cs1. The van der Waals surface area contributed by atoms with Crippen LogP contribution in [-0.4, -0.2) is 27.4 Å². The molecule has 0 aliphatic heterocycles. The number of aromatic nitrogens is 3. The number of nitrogens with zero attached hydrogens (tertiary/aromatic N) is 2. The second-order valence-electron chi connectivity index (χ2n) is 7.07. The van der Waals surface area contributed by atoms with Gasteiger partial charge in [-0.2, -0.15) is 4.98 Å². The largest absolute Gasteiger partial charge is 0.350 e. The summed E-state index contributed by atoms with van der Waals surface area (Å²) in [7, 11) is 0. The van der Waals surface area contributed by atoms with Crippen molar-refractivity contribution in [1.29, 1.82) is 0 Å². The summed E-state index contributed by atoms with van der Waals surface area (Å²) in [6, 6.07) is 1.64. The third-order valence-electron chi connectivity index (χ3n) is 3.52. The number of amides is 1. The Labute approximate surface area is 145 Å². The minimum absolute atomic E-state index is 0.143. The van der Waals surface area contributed by atoms with Gasteiger partial charge in [-0.15, -0.1) is 11.3 Å². The first-order valence-electron chi connectivity index (χ1n) is 8.01. The van der Waals surface area contributed by atoms with Crippen molar-refractivity contribution in [3.05, 3.63) is 44.0 Å². The average molecular weight is 348 g/mol. The Balaban J connectivity index is 1.99. The lowest BCUT2D eigenvalue weighted by Crippen LogP contribution is -2.31. The number of hydrogen-bond donors (Lipinski definition) is 2. The van der Waals surface area contributed by atoms with Crippen molar-refractivity contribution >= 4 is 17.2 Å². The molecule has 0 unspecified atom stereocenters. The first-order valence-corrected chi connectivity index (χ1v) is 8.89. The molecule has 0 atom stereocenters. The van der Waals surface area contributed by atoms with E-state index in [1.165, 1.54) is 0 Å². The van der Waals surface area contributed by atoms with Crippen LogP contribution in [-0.2, 0) is 11.8 Å². The summed E-state index contributed by atoms with van der Waals surface area (Å²) in [6.07, 6.45) is 0.657. The van der Waals surface area contributed by atoms with Crippen molar-refractivity contribution < 1.29 is 4.79 Å². The van der Waals surface area contributed by atoms with Crippen molar-refractivity contribution in [1.82, 2.24) is 20.3 Å². The second-order valence-corrected chi connectivity index (χ2v) is 7.96. The zero-order valence-electron chi connectivity index (χ0n) is 14.8. The molecule has 6 nitrogen and oxygen atoms in total. The molecule has 1 amide bonds. The van der Waals surface area contributed by atoms with Crippen LogP contribution in [0.25, 0.3) is 0 Å². The van der Waals surface area contributed by atoms with Gasteiger partial charge in [0.05, 0.1) is 10.7 Å². The van der Waals surface area contributed by atoms with Gasteiger partial charge in [0.1, 0.15) is 5.69 Å². The molecule has 2 rings (SSSR count). The molecule has 0 saturated carbocycles. The molecular weight excluding hydrogens is 324 g/mol. The van der Waals surface area contributed by atoms with Gasteiger partial charge in [0.25, 0.3) is 5.91 Å². The minimum Gasteiger partial charge on any atom is -0.350 e. The highest BCUT2D eigenvalue weighted by Crippen LogP contribution is 2.20. The molecule has 2 aromatic heterocycles. The van der Waals surface area contributed by atoms with Crippen LogP contribution in [0.1, 0.15) is 67.4 Å². The van der Waals surface area contributed by atoms with Crippen LogP contribution in [0.5, 0.6) is 0 Å². The summed E-state index contributed by atoms with van der Waals surface area (Å²) in [4.78, 5) is 34.9. The van der Waals surface area contributed by atoms with Crippen LogP contribution >= 0.6 is 11.3 Å². The third-order valence-corrected chi connectivity index (χ3v) is 4.71. The molecule has 7 heteroatoms. The van der Waals surface area contributed by atoms with E-state index in [-0.39, 0.29) is 17.0 Å². The molecule has 0 spiro atoms. The maximum Gasteiger partial charge on any atom is 0.345 e. The first kappa shape index (κ1) is 18.3. The standard InChI is InChI=1S/C17H24N4O2S/c1-10(2)15-19-11(9-24-15)6-7-18-14(22)12-8-13(17(3,4)5)21-16(23)20-12/h8-10H,6-7H2,1-5H3,(H,18,22)(H,20,21,23). The third kappa shape index (κ3) is 4.74. The summed E-state index contributed by atoms with van der Waals surface area (Å²) in [6.45, 7) is 10.6. The van der Waals surface area contributed by atoms with E-state index in [0.717, 1.165) is 10.7 Å². The highest BCUT2D eigenvalue weighted by atomic mass is 32.1. The lowest BCUT2D eigenvalue weighted by Gasteiger charge is -2.18. The van der Waals surface area contributed by atoms with E-state index in [0.29, 0.717) is 24.6 Å². The van der Waals surface area contributed by atoms with E-state index in [1.54, 1.807) is 17.4 Å². The summed E-state index contributed by atoms with van der Waals surface area (Å²) >= 11 is 1.64. The average Bonchev–Trinajstić information content (AvgIpc) is 2.94. The predicted molar refractivity (Wildman–Crippen MR) is 95.8 cm³/mol. The van der Waals surface area contributed by atoms with E-state index in [1.807, 2.05) is 26.2 Å². The summed E-state index contributed by atoms with van der Waals surface area (Å²) in [5, 5.41) is 5.92. The van der Waals surface area contributed by atoms with E-state index < -0.39 is 5.69 Å². The lowest BCUT2D eigenvalue weighted by atomic mass is 9.91. The highest BCUT2D eigenvalue weighted by Gasteiger charge is 2.18. The molecule has 2 heterocycles. The molecule has 0 aromatic carbocycles. The highest BCUT2D eigenvalue weighted by molar-refractivity contribution is 7.09. The van der Waals surface area contributed by atoms with Crippen molar-refractivity contribution in [3.8, 4) is 0 Å².